The topological polar surface area (TPSA) is 83.6 Å². The van der Waals surface area contributed by atoms with E-state index in [1.54, 1.807) is 12.1 Å². The third-order valence-electron chi connectivity index (χ3n) is 3.54. The molecule has 0 saturated carbocycles. The zero-order valence-corrected chi connectivity index (χ0v) is 12.9. The molecular weight excluding hydrogens is 292 g/mol. The summed E-state index contributed by atoms with van der Waals surface area (Å²) in [6.45, 7) is 4.33. The maximum atomic E-state index is 12.3. The van der Waals surface area contributed by atoms with Crippen molar-refractivity contribution >= 4 is 21.7 Å². The second-order valence-corrected chi connectivity index (χ2v) is 7.16. The van der Waals surface area contributed by atoms with Crippen LogP contribution in [0.3, 0.4) is 0 Å². The van der Waals surface area contributed by atoms with Crippen LogP contribution in [0.25, 0.3) is 0 Å². The summed E-state index contributed by atoms with van der Waals surface area (Å²) in [6, 6.07) is 4.80. The van der Waals surface area contributed by atoms with Gasteiger partial charge in [0.05, 0.1) is 11.4 Å². The predicted octanol–water partition coefficient (Wildman–Crippen LogP) is 0.0355. The van der Waals surface area contributed by atoms with Gasteiger partial charge in [0.15, 0.2) is 9.84 Å². The van der Waals surface area contributed by atoms with Gasteiger partial charge in [-0.3, -0.25) is 9.59 Å². The average molecular weight is 310 g/mol. The molecule has 6 nitrogen and oxygen atoms in total. The SMILES string of the molecule is Cc1ccc(S(=O)(=O)CC(=O)N2CCNC(=O)C2)cc1C. The molecule has 0 spiro atoms. The highest BCUT2D eigenvalue weighted by atomic mass is 32.2. The highest BCUT2D eigenvalue weighted by Gasteiger charge is 2.26. The molecule has 1 aliphatic heterocycles. The first-order valence-electron chi connectivity index (χ1n) is 6.64. The minimum atomic E-state index is -3.69. The van der Waals surface area contributed by atoms with Gasteiger partial charge in [0, 0.05) is 13.1 Å². The lowest BCUT2D eigenvalue weighted by Crippen LogP contribution is -2.51. The first-order chi connectivity index (χ1) is 9.79. The summed E-state index contributed by atoms with van der Waals surface area (Å²) in [7, 11) is -3.69. The number of benzene rings is 1. The lowest BCUT2D eigenvalue weighted by atomic mass is 10.1. The van der Waals surface area contributed by atoms with Crippen LogP contribution in [-0.4, -0.2) is 50.5 Å². The number of hydrogen-bond acceptors (Lipinski definition) is 4. The molecule has 1 aliphatic rings. The van der Waals surface area contributed by atoms with E-state index in [1.165, 1.54) is 11.0 Å². The van der Waals surface area contributed by atoms with Crippen LogP contribution in [0.1, 0.15) is 11.1 Å². The second-order valence-electron chi connectivity index (χ2n) is 5.17. The van der Waals surface area contributed by atoms with Crippen molar-refractivity contribution in [1.29, 1.82) is 0 Å². The Balaban J connectivity index is 2.15. The van der Waals surface area contributed by atoms with E-state index in [0.29, 0.717) is 13.1 Å². The van der Waals surface area contributed by atoms with Crippen molar-refractivity contribution in [2.75, 3.05) is 25.4 Å². The molecule has 0 unspecified atom stereocenters. The molecule has 7 heteroatoms. The maximum Gasteiger partial charge on any atom is 0.239 e. The van der Waals surface area contributed by atoms with E-state index < -0.39 is 21.5 Å². The van der Waals surface area contributed by atoms with E-state index in [1.807, 2.05) is 13.8 Å². The Morgan fingerprint density at radius 2 is 2.00 bits per heavy atom. The molecule has 114 valence electrons. The number of carbonyl (C=O) groups excluding carboxylic acids is 2. The standard InChI is InChI=1S/C14H18N2O4S/c1-10-3-4-12(7-11(10)2)21(19,20)9-14(18)16-6-5-15-13(17)8-16/h3-4,7H,5-6,8-9H2,1-2H3,(H,15,17). The molecule has 1 heterocycles. The summed E-state index contributed by atoms with van der Waals surface area (Å²) in [5.74, 6) is -1.41. The first kappa shape index (κ1) is 15.5. The summed E-state index contributed by atoms with van der Waals surface area (Å²) in [6.07, 6.45) is 0. The van der Waals surface area contributed by atoms with E-state index >= 15 is 0 Å². The highest BCUT2D eigenvalue weighted by molar-refractivity contribution is 7.92. The van der Waals surface area contributed by atoms with Crippen molar-refractivity contribution in [3.63, 3.8) is 0 Å². The number of amides is 2. The van der Waals surface area contributed by atoms with Gasteiger partial charge in [0.25, 0.3) is 0 Å². The van der Waals surface area contributed by atoms with E-state index in [0.717, 1.165) is 11.1 Å². The molecule has 0 aromatic heterocycles. The van der Waals surface area contributed by atoms with Crippen LogP contribution in [0.15, 0.2) is 23.1 Å². The predicted molar refractivity (Wildman–Crippen MR) is 77.6 cm³/mol. The van der Waals surface area contributed by atoms with Crippen LogP contribution in [0.5, 0.6) is 0 Å². The van der Waals surface area contributed by atoms with Gasteiger partial charge in [0.2, 0.25) is 11.8 Å². The van der Waals surface area contributed by atoms with E-state index in [2.05, 4.69) is 5.32 Å². The van der Waals surface area contributed by atoms with Gasteiger partial charge in [-0.15, -0.1) is 0 Å². The summed E-state index contributed by atoms with van der Waals surface area (Å²) < 4.78 is 24.6. The molecule has 0 atom stereocenters. The van der Waals surface area contributed by atoms with Gasteiger partial charge < -0.3 is 10.2 Å². The normalized spacial score (nSPS) is 15.7. The minimum absolute atomic E-state index is 0.0821. The van der Waals surface area contributed by atoms with Crippen LogP contribution in [0.2, 0.25) is 0 Å². The van der Waals surface area contributed by atoms with Gasteiger partial charge in [-0.05, 0) is 37.1 Å². The Kier molecular flexibility index (Phi) is 4.32. The Morgan fingerprint density at radius 3 is 2.62 bits per heavy atom. The van der Waals surface area contributed by atoms with Crippen molar-refractivity contribution in [3.8, 4) is 0 Å². The van der Waals surface area contributed by atoms with Crippen LogP contribution in [-0.2, 0) is 19.4 Å². The van der Waals surface area contributed by atoms with Crippen LogP contribution in [0.4, 0.5) is 0 Å². The van der Waals surface area contributed by atoms with Crippen molar-refractivity contribution in [3.05, 3.63) is 29.3 Å². The summed E-state index contributed by atoms with van der Waals surface area (Å²) >= 11 is 0. The fourth-order valence-corrected chi connectivity index (χ4v) is 3.40. The second kappa shape index (κ2) is 5.85. The average Bonchev–Trinajstić information content (AvgIpc) is 2.41. The van der Waals surface area contributed by atoms with Crippen molar-refractivity contribution in [2.24, 2.45) is 0 Å². The van der Waals surface area contributed by atoms with Gasteiger partial charge in [0.1, 0.15) is 5.75 Å². The molecule has 1 aromatic rings. The molecule has 0 bridgehead atoms. The molecule has 1 saturated heterocycles. The zero-order valence-electron chi connectivity index (χ0n) is 12.0. The third-order valence-corrected chi connectivity index (χ3v) is 5.14. The number of sulfone groups is 1. The van der Waals surface area contributed by atoms with Gasteiger partial charge in [-0.1, -0.05) is 6.07 Å². The Bertz CT molecular complexity index is 682. The molecule has 1 aromatic carbocycles. The quantitative estimate of drug-likeness (QED) is 0.854. The summed E-state index contributed by atoms with van der Waals surface area (Å²) in [5, 5.41) is 2.59. The van der Waals surface area contributed by atoms with Crippen molar-refractivity contribution in [1.82, 2.24) is 10.2 Å². The highest BCUT2D eigenvalue weighted by Crippen LogP contribution is 2.16. The number of hydrogen-bond donors (Lipinski definition) is 1. The lowest BCUT2D eigenvalue weighted by Gasteiger charge is -2.26. The summed E-state index contributed by atoms with van der Waals surface area (Å²) in [4.78, 5) is 24.7. The van der Waals surface area contributed by atoms with Crippen LogP contribution >= 0.6 is 0 Å². The Hall–Kier alpha value is -1.89. The van der Waals surface area contributed by atoms with Crippen molar-refractivity contribution < 1.29 is 18.0 Å². The van der Waals surface area contributed by atoms with E-state index in [4.69, 9.17) is 0 Å². The Morgan fingerprint density at radius 1 is 1.29 bits per heavy atom. The molecule has 2 rings (SSSR count). The largest absolute Gasteiger partial charge is 0.353 e. The van der Waals surface area contributed by atoms with Crippen molar-refractivity contribution in [2.45, 2.75) is 18.7 Å². The monoisotopic (exact) mass is 310 g/mol. The first-order valence-corrected chi connectivity index (χ1v) is 8.29. The van der Waals surface area contributed by atoms with E-state index in [-0.39, 0.29) is 17.3 Å². The molecule has 1 fully saturated rings. The number of nitrogens with zero attached hydrogens (tertiary/aromatic N) is 1. The summed E-state index contributed by atoms with van der Waals surface area (Å²) in [5.41, 5.74) is 1.86. The number of piperazine rings is 1. The van der Waals surface area contributed by atoms with Crippen LogP contribution < -0.4 is 5.32 Å². The fourth-order valence-electron chi connectivity index (χ4n) is 2.10. The number of aryl methyl sites for hydroxylation is 2. The molecule has 2 amide bonds. The molecular formula is C14H18N2O4S. The smallest absolute Gasteiger partial charge is 0.239 e. The molecule has 0 radical (unpaired) electrons. The van der Waals surface area contributed by atoms with E-state index in [9.17, 15) is 18.0 Å². The van der Waals surface area contributed by atoms with Gasteiger partial charge in [-0.25, -0.2) is 8.42 Å². The maximum absolute atomic E-state index is 12.3. The van der Waals surface area contributed by atoms with Gasteiger partial charge >= 0.3 is 0 Å². The molecule has 21 heavy (non-hydrogen) atoms. The zero-order chi connectivity index (χ0) is 15.6. The lowest BCUT2D eigenvalue weighted by molar-refractivity contribution is -0.136. The molecule has 0 aliphatic carbocycles. The fraction of sp³-hybridized carbons (Fsp3) is 0.429. The van der Waals surface area contributed by atoms with Gasteiger partial charge in [-0.2, -0.15) is 0 Å². The number of rotatable bonds is 3. The third kappa shape index (κ3) is 3.60. The van der Waals surface area contributed by atoms with Crippen LogP contribution in [0, 0.1) is 13.8 Å². The minimum Gasteiger partial charge on any atom is -0.353 e. The molecule has 1 N–H and O–H groups in total. The number of nitrogens with one attached hydrogen (secondary N) is 1. The Labute approximate surface area is 124 Å². The number of carbonyl (C=O) groups is 2.